The van der Waals surface area contributed by atoms with Crippen molar-refractivity contribution in [2.24, 2.45) is 4.99 Å². The monoisotopic (exact) mass is 574 g/mol. The summed E-state index contributed by atoms with van der Waals surface area (Å²) in [6.45, 7) is 0.524. The predicted octanol–water partition coefficient (Wildman–Crippen LogP) is 7.53. The molecular formula is C22H16BrF9N2O. The number of nitrogens with zero attached hydrogens (tertiary/aromatic N) is 1. The molecule has 3 rings (SSSR count). The number of halogens is 10. The second kappa shape index (κ2) is 9.14. The molecular weight excluding hydrogens is 559 g/mol. The third-order valence-corrected chi connectivity index (χ3v) is 6.25. The van der Waals surface area contributed by atoms with Crippen LogP contribution in [0.3, 0.4) is 0 Å². The van der Waals surface area contributed by atoms with Crippen LogP contribution >= 0.6 is 15.9 Å². The van der Waals surface area contributed by atoms with Crippen LogP contribution in [-0.2, 0) is 22.6 Å². The lowest BCUT2D eigenvalue weighted by Crippen LogP contribution is -2.44. The first-order valence-electron chi connectivity index (χ1n) is 9.98. The van der Waals surface area contributed by atoms with E-state index >= 15 is 0 Å². The van der Waals surface area contributed by atoms with E-state index in [9.17, 15) is 44.3 Å². The van der Waals surface area contributed by atoms with Gasteiger partial charge < -0.3 is 5.32 Å². The molecule has 0 radical (unpaired) electrons. The lowest BCUT2D eigenvalue weighted by molar-refractivity contribution is -0.184. The Morgan fingerprint density at radius 1 is 0.971 bits per heavy atom. The van der Waals surface area contributed by atoms with Crippen LogP contribution in [0.1, 0.15) is 42.0 Å². The van der Waals surface area contributed by atoms with Gasteiger partial charge in [0.2, 0.25) is 5.91 Å². The van der Waals surface area contributed by atoms with Crippen LogP contribution in [0.15, 0.2) is 45.9 Å². The molecule has 0 bridgehead atoms. The fourth-order valence-corrected chi connectivity index (χ4v) is 4.11. The number of rotatable bonds is 4. The molecule has 0 aromatic heterocycles. The third-order valence-electron chi connectivity index (χ3n) is 5.59. The van der Waals surface area contributed by atoms with E-state index in [4.69, 9.17) is 0 Å². The van der Waals surface area contributed by atoms with Gasteiger partial charge in [-0.1, -0.05) is 13.0 Å². The van der Waals surface area contributed by atoms with Crippen molar-refractivity contribution in [2.75, 3.05) is 11.9 Å². The van der Waals surface area contributed by atoms with Crippen molar-refractivity contribution in [3.05, 3.63) is 63.1 Å². The molecule has 2 aromatic carbocycles. The van der Waals surface area contributed by atoms with Crippen molar-refractivity contribution in [3.63, 3.8) is 0 Å². The lowest BCUT2D eigenvalue weighted by Gasteiger charge is -2.32. The van der Waals surface area contributed by atoms with Gasteiger partial charge in [-0.2, -0.15) is 39.5 Å². The number of benzene rings is 2. The van der Waals surface area contributed by atoms with Crippen molar-refractivity contribution < 1.29 is 44.3 Å². The standard InChI is InChI=1S/C22H16BrF9N2O/c1-2-18(35)34-16-4-3-11(5-15(16)23)17-9-19(10-33-17,22(30,31)32)12-6-13(20(24,25)26)8-14(7-12)21(27,28)29/h3-8H,2,9-10H2,1H3,(H,34,35). The van der Waals surface area contributed by atoms with Crippen LogP contribution in [0.2, 0.25) is 0 Å². The molecule has 1 aliphatic heterocycles. The smallest absolute Gasteiger partial charge is 0.325 e. The molecule has 0 saturated heterocycles. The number of carbonyl (C=O) groups is 1. The van der Waals surface area contributed by atoms with Gasteiger partial charge in [-0.05, 0) is 57.4 Å². The average molecular weight is 575 g/mol. The Kier molecular flexibility index (Phi) is 7.06. The zero-order valence-corrected chi connectivity index (χ0v) is 19.3. The van der Waals surface area contributed by atoms with Gasteiger partial charge in [0, 0.05) is 23.0 Å². The SMILES string of the molecule is CCC(=O)Nc1ccc(C2=NCC(c3cc(C(F)(F)F)cc(C(F)(F)F)c3)(C(F)(F)F)C2)cc1Br. The third kappa shape index (κ3) is 5.49. The van der Waals surface area contributed by atoms with Gasteiger partial charge in [0.25, 0.3) is 0 Å². The predicted molar refractivity (Wildman–Crippen MR) is 113 cm³/mol. The van der Waals surface area contributed by atoms with E-state index in [1.807, 2.05) is 0 Å². The minimum Gasteiger partial charge on any atom is -0.325 e. The van der Waals surface area contributed by atoms with Gasteiger partial charge in [0.05, 0.1) is 23.4 Å². The van der Waals surface area contributed by atoms with Gasteiger partial charge in [0.1, 0.15) is 5.41 Å². The summed E-state index contributed by atoms with van der Waals surface area (Å²) < 4.78 is 123. The quantitative estimate of drug-likeness (QED) is 0.377. The average Bonchev–Trinajstić information content (AvgIpc) is 3.20. The summed E-state index contributed by atoms with van der Waals surface area (Å²) in [6, 6.07) is 4.10. The zero-order chi connectivity index (χ0) is 26.4. The summed E-state index contributed by atoms with van der Waals surface area (Å²) >= 11 is 3.19. The molecule has 1 aliphatic rings. The molecule has 1 amide bonds. The topological polar surface area (TPSA) is 41.5 Å². The number of alkyl halides is 9. The summed E-state index contributed by atoms with van der Waals surface area (Å²) in [7, 11) is 0. The van der Waals surface area contributed by atoms with Crippen LogP contribution in [0.5, 0.6) is 0 Å². The Labute approximate surface area is 201 Å². The molecule has 1 atom stereocenters. The Bertz CT molecular complexity index is 1140. The van der Waals surface area contributed by atoms with E-state index in [2.05, 4.69) is 26.2 Å². The van der Waals surface area contributed by atoms with E-state index in [1.165, 1.54) is 18.2 Å². The molecule has 35 heavy (non-hydrogen) atoms. The molecule has 1 heterocycles. The second-order valence-corrected chi connectivity index (χ2v) is 8.76. The number of anilines is 1. The number of amides is 1. The van der Waals surface area contributed by atoms with Crippen LogP contribution in [0.25, 0.3) is 0 Å². The zero-order valence-electron chi connectivity index (χ0n) is 17.7. The van der Waals surface area contributed by atoms with Crippen molar-refractivity contribution >= 4 is 33.2 Å². The highest BCUT2D eigenvalue weighted by Crippen LogP contribution is 2.50. The normalized spacial score (nSPS) is 19.0. The molecule has 1 N–H and O–H groups in total. The maximum Gasteiger partial charge on any atom is 0.416 e. The Morgan fingerprint density at radius 2 is 1.54 bits per heavy atom. The fraction of sp³-hybridized carbons (Fsp3) is 0.364. The molecule has 2 aromatic rings. The molecule has 3 nitrogen and oxygen atoms in total. The highest BCUT2D eigenvalue weighted by Gasteiger charge is 2.59. The molecule has 13 heteroatoms. The van der Waals surface area contributed by atoms with Crippen LogP contribution in [-0.4, -0.2) is 24.3 Å². The van der Waals surface area contributed by atoms with E-state index < -0.39 is 53.6 Å². The van der Waals surface area contributed by atoms with Gasteiger partial charge >= 0.3 is 18.5 Å². The first-order chi connectivity index (χ1) is 16.0. The summed E-state index contributed by atoms with van der Waals surface area (Å²) in [5.41, 5.74) is -7.59. The summed E-state index contributed by atoms with van der Waals surface area (Å²) in [4.78, 5) is 15.4. The number of nitrogens with one attached hydrogen (secondary N) is 1. The Hall–Kier alpha value is -2.57. The molecule has 0 spiro atoms. The Morgan fingerprint density at radius 3 is 2.00 bits per heavy atom. The minimum absolute atomic E-state index is 0.0977. The van der Waals surface area contributed by atoms with Crippen LogP contribution < -0.4 is 5.32 Å². The molecule has 0 saturated carbocycles. The molecule has 190 valence electrons. The van der Waals surface area contributed by atoms with E-state index in [1.54, 1.807) is 6.92 Å². The van der Waals surface area contributed by atoms with Crippen LogP contribution in [0.4, 0.5) is 45.2 Å². The molecule has 0 aliphatic carbocycles. The largest absolute Gasteiger partial charge is 0.416 e. The van der Waals surface area contributed by atoms with Crippen LogP contribution in [0, 0.1) is 0 Å². The summed E-state index contributed by atoms with van der Waals surface area (Å²) in [5, 5.41) is 2.57. The number of hydrogen-bond donors (Lipinski definition) is 1. The van der Waals surface area contributed by atoms with E-state index in [0.717, 1.165) is 0 Å². The second-order valence-electron chi connectivity index (χ2n) is 7.91. The summed E-state index contributed by atoms with van der Waals surface area (Å²) in [5.74, 6) is -0.322. The maximum atomic E-state index is 14.3. The highest BCUT2D eigenvalue weighted by atomic mass is 79.9. The lowest BCUT2D eigenvalue weighted by atomic mass is 9.75. The van der Waals surface area contributed by atoms with Gasteiger partial charge in [0.15, 0.2) is 0 Å². The van der Waals surface area contributed by atoms with Crippen molar-refractivity contribution in [2.45, 2.75) is 43.7 Å². The van der Waals surface area contributed by atoms with Crippen molar-refractivity contribution in [3.8, 4) is 0 Å². The highest BCUT2D eigenvalue weighted by molar-refractivity contribution is 9.10. The number of hydrogen-bond acceptors (Lipinski definition) is 2. The van der Waals surface area contributed by atoms with E-state index in [0.29, 0.717) is 10.2 Å². The molecule has 1 unspecified atom stereocenters. The van der Waals surface area contributed by atoms with Gasteiger partial charge in [-0.25, -0.2) is 0 Å². The van der Waals surface area contributed by atoms with E-state index in [-0.39, 0.29) is 41.8 Å². The maximum absolute atomic E-state index is 14.3. The first kappa shape index (κ1) is 27.0. The number of carbonyl (C=O) groups excluding carboxylic acids is 1. The van der Waals surface area contributed by atoms with Gasteiger partial charge in [-0.15, -0.1) is 0 Å². The Balaban J connectivity index is 2.07. The first-order valence-corrected chi connectivity index (χ1v) is 10.8. The van der Waals surface area contributed by atoms with Crippen molar-refractivity contribution in [1.82, 2.24) is 0 Å². The van der Waals surface area contributed by atoms with Crippen molar-refractivity contribution in [1.29, 1.82) is 0 Å². The summed E-state index contributed by atoms with van der Waals surface area (Å²) in [6.07, 6.45) is -16.6. The minimum atomic E-state index is -5.30. The molecule has 0 fully saturated rings. The number of aliphatic imine (C=N–C) groups is 1. The fourth-order valence-electron chi connectivity index (χ4n) is 3.63. The van der Waals surface area contributed by atoms with Gasteiger partial charge in [-0.3, -0.25) is 9.79 Å².